The van der Waals surface area contributed by atoms with Crippen LogP contribution in [0.4, 0.5) is 10.2 Å². The second kappa shape index (κ2) is 10.4. The van der Waals surface area contributed by atoms with E-state index in [-0.39, 0.29) is 11.4 Å². The molecule has 0 saturated heterocycles. The summed E-state index contributed by atoms with van der Waals surface area (Å²) in [6.45, 7) is 2.49. The van der Waals surface area contributed by atoms with E-state index in [1.54, 1.807) is 58.3 Å². The summed E-state index contributed by atoms with van der Waals surface area (Å²) >= 11 is 5.14. The standard InChI is InChI=1S/C26H23ClFN5O3S/c1-16-12-17(5-7-21(16)28)19-13-24(36-2)23(14-20(19)27)33-22-9-11-32(15-18(22)6-8-26(33)34)37(35)31-25-4-3-10-29-30-25/h3-8,10,12-14H,9,11,15H2,1-2H3,(H,30,31). The molecule has 3 heterocycles. The molecule has 1 atom stereocenters. The van der Waals surface area contributed by atoms with E-state index in [9.17, 15) is 13.4 Å². The number of hydrogen-bond donors (Lipinski definition) is 1. The van der Waals surface area contributed by atoms with Crippen molar-refractivity contribution in [1.29, 1.82) is 0 Å². The third kappa shape index (κ3) is 5.00. The number of benzene rings is 2. The molecule has 8 nitrogen and oxygen atoms in total. The number of rotatable bonds is 6. The molecule has 1 aliphatic heterocycles. The van der Waals surface area contributed by atoms with Gasteiger partial charge in [-0.1, -0.05) is 23.7 Å². The average Bonchev–Trinajstić information content (AvgIpc) is 2.90. The molecule has 1 N–H and O–H groups in total. The number of aryl methyl sites for hydroxylation is 1. The fraction of sp³-hybridized carbons (Fsp3) is 0.192. The molecule has 2 aromatic carbocycles. The van der Waals surface area contributed by atoms with Crippen molar-refractivity contribution < 1.29 is 13.3 Å². The fourth-order valence-corrected chi connectivity index (χ4v) is 5.56. The van der Waals surface area contributed by atoms with Crippen LogP contribution in [0.2, 0.25) is 5.02 Å². The van der Waals surface area contributed by atoms with E-state index in [1.165, 1.54) is 25.4 Å². The number of anilines is 1. The molecule has 0 saturated carbocycles. The quantitative estimate of drug-likeness (QED) is 0.391. The molecular formula is C26H23ClFN5O3S. The number of ether oxygens (including phenoxy) is 1. The topological polar surface area (TPSA) is 89.4 Å². The van der Waals surface area contributed by atoms with Gasteiger partial charge in [0.1, 0.15) is 11.6 Å². The third-order valence-electron chi connectivity index (χ3n) is 6.21. The molecule has 4 aromatic rings. The molecule has 0 amide bonds. The smallest absolute Gasteiger partial charge is 0.255 e. The van der Waals surface area contributed by atoms with Gasteiger partial charge in [-0.15, -0.1) is 5.10 Å². The van der Waals surface area contributed by atoms with Gasteiger partial charge in [0.05, 0.1) is 17.8 Å². The predicted molar refractivity (Wildman–Crippen MR) is 142 cm³/mol. The van der Waals surface area contributed by atoms with Crippen LogP contribution in [0.15, 0.2) is 65.6 Å². The van der Waals surface area contributed by atoms with Gasteiger partial charge in [0.25, 0.3) is 5.56 Å². The lowest BCUT2D eigenvalue weighted by molar-refractivity contribution is 0.404. The van der Waals surface area contributed by atoms with Crippen molar-refractivity contribution in [3.8, 4) is 22.6 Å². The van der Waals surface area contributed by atoms with Crippen LogP contribution >= 0.6 is 11.6 Å². The lowest BCUT2D eigenvalue weighted by Crippen LogP contribution is -2.38. The second-order valence-electron chi connectivity index (χ2n) is 8.52. The first-order chi connectivity index (χ1) is 17.9. The Kier molecular flexibility index (Phi) is 7.05. The number of nitrogens with zero attached hydrogens (tertiary/aromatic N) is 4. The zero-order valence-electron chi connectivity index (χ0n) is 20.1. The van der Waals surface area contributed by atoms with Gasteiger partial charge < -0.3 is 4.74 Å². The molecule has 5 rings (SSSR count). The van der Waals surface area contributed by atoms with Gasteiger partial charge in [0.15, 0.2) is 17.0 Å². The summed E-state index contributed by atoms with van der Waals surface area (Å²) in [5, 5.41) is 8.11. The van der Waals surface area contributed by atoms with Crippen LogP contribution in [0, 0.1) is 12.7 Å². The van der Waals surface area contributed by atoms with E-state index < -0.39 is 11.2 Å². The monoisotopic (exact) mass is 539 g/mol. The third-order valence-corrected chi connectivity index (χ3v) is 7.69. The van der Waals surface area contributed by atoms with Crippen molar-refractivity contribution >= 4 is 28.6 Å². The Morgan fingerprint density at radius 2 is 2.00 bits per heavy atom. The number of fused-ring (bicyclic) bond motifs is 1. The minimum atomic E-state index is -1.54. The molecule has 2 aromatic heterocycles. The van der Waals surface area contributed by atoms with Crippen molar-refractivity contribution in [2.24, 2.45) is 0 Å². The number of nitrogens with one attached hydrogen (secondary N) is 1. The molecule has 0 bridgehead atoms. The summed E-state index contributed by atoms with van der Waals surface area (Å²) in [6.07, 6.45) is 2.01. The van der Waals surface area contributed by atoms with E-state index in [0.29, 0.717) is 52.9 Å². The highest BCUT2D eigenvalue weighted by molar-refractivity contribution is 7.84. The summed E-state index contributed by atoms with van der Waals surface area (Å²) in [5.74, 6) is 0.562. The van der Waals surface area contributed by atoms with Crippen LogP contribution in [-0.4, -0.2) is 36.9 Å². The highest BCUT2D eigenvalue weighted by Crippen LogP contribution is 2.37. The predicted octanol–water partition coefficient (Wildman–Crippen LogP) is 4.45. The molecular weight excluding hydrogens is 517 g/mol. The number of methoxy groups -OCH3 is 1. The summed E-state index contributed by atoms with van der Waals surface area (Å²) in [4.78, 5) is 13.1. The highest BCUT2D eigenvalue weighted by atomic mass is 35.5. The Hall–Kier alpha value is -3.60. The Labute approximate surface area is 220 Å². The minimum Gasteiger partial charge on any atom is -0.495 e. The first kappa shape index (κ1) is 25.1. The van der Waals surface area contributed by atoms with Gasteiger partial charge in [0, 0.05) is 43.0 Å². The van der Waals surface area contributed by atoms with Crippen molar-refractivity contribution in [3.05, 3.63) is 98.8 Å². The zero-order valence-corrected chi connectivity index (χ0v) is 21.6. The number of aromatic nitrogens is 3. The van der Waals surface area contributed by atoms with Gasteiger partial charge in [-0.05, 0) is 60.0 Å². The maximum Gasteiger partial charge on any atom is 0.255 e. The molecule has 190 valence electrons. The molecule has 0 fully saturated rings. The van der Waals surface area contributed by atoms with Gasteiger partial charge in [-0.2, -0.15) is 5.10 Å². The fourth-order valence-electron chi connectivity index (χ4n) is 4.37. The van der Waals surface area contributed by atoms with Crippen LogP contribution in [0.5, 0.6) is 5.75 Å². The Bertz CT molecular complexity index is 1560. The van der Waals surface area contributed by atoms with Gasteiger partial charge in [0.2, 0.25) is 0 Å². The van der Waals surface area contributed by atoms with Gasteiger partial charge in [-0.3, -0.25) is 14.1 Å². The Morgan fingerprint density at radius 3 is 2.73 bits per heavy atom. The van der Waals surface area contributed by atoms with E-state index in [2.05, 4.69) is 14.9 Å². The first-order valence-corrected chi connectivity index (χ1v) is 12.9. The molecule has 1 aliphatic rings. The second-order valence-corrected chi connectivity index (χ2v) is 10.1. The maximum atomic E-state index is 13.8. The minimum absolute atomic E-state index is 0.231. The molecule has 0 aliphatic carbocycles. The Morgan fingerprint density at radius 1 is 1.16 bits per heavy atom. The zero-order chi connectivity index (χ0) is 26.1. The average molecular weight is 540 g/mol. The van der Waals surface area contributed by atoms with Crippen LogP contribution in [-0.2, 0) is 24.1 Å². The van der Waals surface area contributed by atoms with E-state index >= 15 is 0 Å². The molecule has 37 heavy (non-hydrogen) atoms. The van der Waals surface area contributed by atoms with E-state index in [4.69, 9.17) is 16.3 Å². The SMILES string of the molecule is COc1cc(-c2ccc(F)c(C)c2)c(Cl)cc1-n1c2c(ccc1=O)CN(S(=O)Nc1cccnn1)CC2. The van der Waals surface area contributed by atoms with Crippen LogP contribution in [0.1, 0.15) is 16.8 Å². The van der Waals surface area contributed by atoms with Crippen LogP contribution in [0.3, 0.4) is 0 Å². The van der Waals surface area contributed by atoms with Gasteiger partial charge in [-0.25, -0.2) is 12.9 Å². The van der Waals surface area contributed by atoms with Crippen LogP contribution < -0.4 is 15.0 Å². The lowest BCUT2D eigenvalue weighted by atomic mass is 10.0. The summed E-state index contributed by atoms with van der Waals surface area (Å²) in [5.41, 5.74) is 3.83. The van der Waals surface area contributed by atoms with Crippen LogP contribution in [0.25, 0.3) is 16.8 Å². The van der Waals surface area contributed by atoms with Crippen molar-refractivity contribution in [2.75, 3.05) is 18.4 Å². The number of pyridine rings is 1. The number of hydrogen-bond acceptors (Lipinski definition) is 5. The summed E-state index contributed by atoms with van der Waals surface area (Å²) in [6, 6.07) is 14.8. The first-order valence-electron chi connectivity index (χ1n) is 11.4. The summed E-state index contributed by atoms with van der Waals surface area (Å²) in [7, 11) is 1.52. The van der Waals surface area contributed by atoms with Crippen molar-refractivity contribution in [2.45, 2.75) is 19.9 Å². The lowest BCUT2D eigenvalue weighted by Gasteiger charge is -2.29. The maximum absolute atomic E-state index is 13.8. The van der Waals surface area contributed by atoms with Gasteiger partial charge >= 0.3 is 0 Å². The van der Waals surface area contributed by atoms with E-state index in [0.717, 1.165) is 16.8 Å². The Balaban J connectivity index is 1.51. The molecule has 0 spiro atoms. The largest absolute Gasteiger partial charge is 0.495 e. The highest BCUT2D eigenvalue weighted by Gasteiger charge is 2.26. The molecule has 1 unspecified atom stereocenters. The molecule has 0 radical (unpaired) electrons. The number of halogens is 2. The molecule has 11 heteroatoms. The summed E-state index contributed by atoms with van der Waals surface area (Å²) < 4.78 is 38.6. The van der Waals surface area contributed by atoms with Crippen molar-refractivity contribution in [1.82, 2.24) is 19.1 Å². The van der Waals surface area contributed by atoms with E-state index in [1.807, 2.05) is 0 Å². The normalized spacial score (nSPS) is 14.2. The van der Waals surface area contributed by atoms with Crippen molar-refractivity contribution in [3.63, 3.8) is 0 Å².